The molecule has 0 bridgehead atoms. The molecule has 2 aromatic rings. The van der Waals surface area contributed by atoms with E-state index in [9.17, 15) is 8.78 Å². The lowest BCUT2D eigenvalue weighted by molar-refractivity contribution is 0.587. The molecule has 4 heteroatoms. The van der Waals surface area contributed by atoms with Crippen LogP contribution in [0.25, 0.3) is 0 Å². The Morgan fingerprint density at radius 2 is 1.67 bits per heavy atom. The molecule has 0 N–H and O–H groups in total. The molecule has 0 unspecified atom stereocenters. The Kier molecular flexibility index (Phi) is 3.77. The van der Waals surface area contributed by atoms with Gasteiger partial charge in [0.05, 0.1) is 0 Å². The Balaban J connectivity index is 2.39. The van der Waals surface area contributed by atoms with Crippen LogP contribution in [0.15, 0.2) is 46.3 Å². The van der Waals surface area contributed by atoms with E-state index in [1.54, 1.807) is 6.07 Å². The topological polar surface area (TPSA) is 12.4 Å². The summed E-state index contributed by atoms with van der Waals surface area (Å²) in [5.74, 6) is -1.36. The summed E-state index contributed by atoms with van der Waals surface area (Å²) < 4.78 is 26.7. The number of halogens is 2. The zero-order chi connectivity index (χ0) is 13.1. The lowest BCUT2D eigenvalue weighted by Crippen LogP contribution is -1.88. The van der Waals surface area contributed by atoms with Gasteiger partial charge in [0, 0.05) is 16.7 Å². The molecule has 0 aliphatic rings. The van der Waals surface area contributed by atoms with Crippen LogP contribution in [0.2, 0.25) is 0 Å². The molecule has 0 saturated heterocycles. The van der Waals surface area contributed by atoms with E-state index in [4.69, 9.17) is 0 Å². The van der Waals surface area contributed by atoms with Crippen LogP contribution in [-0.4, -0.2) is 6.21 Å². The summed E-state index contributed by atoms with van der Waals surface area (Å²) in [6.07, 6.45) is 1.41. The Morgan fingerprint density at radius 3 is 2.33 bits per heavy atom. The highest BCUT2D eigenvalue weighted by atomic mass is 32.1. The van der Waals surface area contributed by atoms with Gasteiger partial charge in [0.15, 0.2) is 11.6 Å². The minimum atomic E-state index is -0.681. The fraction of sp³-hybridized carbons (Fsp3) is 0.0714. The maximum atomic E-state index is 13.4. The molecule has 2 rings (SSSR count). The minimum Gasteiger partial charge on any atom is -0.250 e. The van der Waals surface area contributed by atoms with Gasteiger partial charge in [0.25, 0.3) is 0 Å². The predicted octanol–water partition coefficient (Wildman–Crippen LogP) is 4.31. The molecule has 0 radical (unpaired) electrons. The summed E-state index contributed by atoms with van der Waals surface area (Å²) >= 11 is 4.33. The van der Waals surface area contributed by atoms with Gasteiger partial charge in [0.2, 0.25) is 0 Å². The van der Waals surface area contributed by atoms with Crippen molar-refractivity contribution in [3.63, 3.8) is 0 Å². The van der Waals surface area contributed by atoms with Crippen molar-refractivity contribution < 1.29 is 8.78 Å². The second-order valence-corrected chi connectivity index (χ2v) is 4.29. The van der Waals surface area contributed by atoms with Crippen molar-refractivity contribution in [2.75, 3.05) is 0 Å². The highest BCUT2D eigenvalue weighted by Crippen LogP contribution is 2.22. The summed E-state index contributed by atoms with van der Waals surface area (Å²) in [5, 5.41) is 0. The number of nitrogens with zero attached hydrogens (tertiary/aromatic N) is 1. The van der Waals surface area contributed by atoms with Gasteiger partial charge in [0.1, 0.15) is 5.69 Å². The summed E-state index contributed by atoms with van der Waals surface area (Å²) in [7, 11) is 0. The van der Waals surface area contributed by atoms with Crippen LogP contribution in [0.4, 0.5) is 14.5 Å². The highest BCUT2D eigenvalue weighted by molar-refractivity contribution is 7.80. The number of benzene rings is 2. The number of hydrogen-bond donors (Lipinski definition) is 1. The molecular formula is C14H11F2NS. The number of aliphatic imine (C=N–C) groups is 1. The minimum absolute atomic E-state index is 0.285. The molecule has 0 spiro atoms. The summed E-state index contributed by atoms with van der Waals surface area (Å²) in [5.41, 5.74) is 1.42. The second kappa shape index (κ2) is 5.31. The Bertz CT molecular complexity index is 588. The van der Waals surface area contributed by atoms with Crippen molar-refractivity contribution in [2.24, 2.45) is 4.99 Å². The second-order valence-electron chi connectivity index (χ2n) is 3.84. The first-order valence-electron chi connectivity index (χ1n) is 5.36. The lowest BCUT2D eigenvalue weighted by Gasteiger charge is -2.03. The number of aryl methyl sites for hydroxylation is 1. The van der Waals surface area contributed by atoms with Crippen LogP contribution in [-0.2, 0) is 0 Å². The zero-order valence-corrected chi connectivity index (χ0v) is 10.6. The van der Waals surface area contributed by atoms with Crippen molar-refractivity contribution in [2.45, 2.75) is 11.8 Å². The quantitative estimate of drug-likeness (QED) is 0.612. The van der Waals surface area contributed by atoms with Crippen LogP contribution in [0.3, 0.4) is 0 Å². The molecule has 2 aromatic carbocycles. The molecule has 0 aliphatic carbocycles. The fourth-order valence-electron chi connectivity index (χ4n) is 1.53. The SMILES string of the molecule is Cc1cccc(C=Nc2c(F)cccc2F)c1S. The van der Waals surface area contributed by atoms with Crippen LogP contribution in [0.5, 0.6) is 0 Å². The molecule has 1 nitrogen and oxygen atoms in total. The fourth-order valence-corrected chi connectivity index (χ4v) is 1.74. The van der Waals surface area contributed by atoms with Gasteiger partial charge in [-0.1, -0.05) is 24.3 Å². The maximum Gasteiger partial charge on any atom is 0.151 e. The predicted molar refractivity (Wildman–Crippen MR) is 72.0 cm³/mol. The van der Waals surface area contributed by atoms with E-state index in [1.807, 2.05) is 19.1 Å². The largest absolute Gasteiger partial charge is 0.250 e. The molecular weight excluding hydrogens is 252 g/mol. The third-order valence-electron chi connectivity index (χ3n) is 2.54. The first-order valence-corrected chi connectivity index (χ1v) is 5.81. The molecule has 0 saturated carbocycles. The van der Waals surface area contributed by atoms with Gasteiger partial charge in [-0.25, -0.2) is 8.78 Å². The van der Waals surface area contributed by atoms with E-state index in [0.29, 0.717) is 0 Å². The normalized spacial score (nSPS) is 11.1. The van der Waals surface area contributed by atoms with Crippen molar-refractivity contribution in [3.8, 4) is 0 Å². The average Bonchev–Trinajstić information content (AvgIpc) is 2.33. The molecule has 0 amide bonds. The van der Waals surface area contributed by atoms with Crippen LogP contribution in [0, 0.1) is 18.6 Å². The van der Waals surface area contributed by atoms with Gasteiger partial charge in [-0.2, -0.15) is 0 Å². The Labute approximate surface area is 110 Å². The smallest absolute Gasteiger partial charge is 0.151 e. The van der Waals surface area contributed by atoms with Crippen molar-refractivity contribution >= 4 is 24.5 Å². The number of para-hydroxylation sites is 1. The Hall–Kier alpha value is -1.68. The van der Waals surface area contributed by atoms with E-state index in [1.165, 1.54) is 24.4 Å². The van der Waals surface area contributed by atoms with Gasteiger partial charge in [-0.05, 0) is 24.6 Å². The van der Waals surface area contributed by atoms with Crippen molar-refractivity contribution in [1.82, 2.24) is 0 Å². The van der Waals surface area contributed by atoms with E-state index in [-0.39, 0.29) is 5.69 Å². The monoisotopic (exact) mass is 263 g/mol. The number of hydrogen-bond acceptors (Lipinski definition) is 2. The molecule has 0 fully saturated rings. The molecule has 18 heavy (non-hydrogen) atoms. The standard InChI is InChI=1S/C14H11F2NS/c1-9-4-2-5-10(14(9)18)8-17-13-11(15)6-3-7-12(13)16/h2-8,18H,1H3. The third kappa shape index (κ3) is 2.59. The van der Waals surface area contributed by atoms with Crippen molar-refractivity contribution in [3.05, 3.63) is 59.2 Å². The lowest BCUT2D eigenvalue weighted by atomic mass is 10.1. The summed E-state index contributed by atoms with van der Waals surface area (Å²) in [6.45, 7) is 1.91. The van der Waals surface area contributed by atoms with E-state index < -0.39 is 11.6 Å². The Morgan fingerprint density at radius 1 is 1.06 bits per heavy atom. The molecule has 0 aliphatic heterocycles. The number of thiol groups is 1. The van der Waals surface area contributed by atoms with Crippen LogP contribution >= 0.6 is 12.6 Å². The van der Waals surface area contributed by atoms with E-state index >= 15 is 0 Å². The van der Waals surface area contributed by atoms with Crippen LogP contribution in [0.1, 0.15) is 11.1 Å². The summed E-state index contributed by atoms with van der Waals surface area (Å²) in [4.78, 5) is 4.60. The average molecular weight is 263 g/mol. The highest BCUT2D eigenvalue weighted by Gasteiger charge is 2.06. The van der Waals surface area contributed by atoms with Gasteiger partial charge < -0.3 is 0 Å². The first-order chi connectivity index (χ1) is 8.59. The van der Waals surface area contributed by atoms with Crippen LogP contribution < -0.4 is 0 Å². The maximum absolute atomic E-state index is 13.4. The number of rotatable bonds is 2. The van der Waals surface area contributed by atoms with Gasteiger partial charge in [-0.3, -0.25) is 4.99 Å². The van der Waals surface area contributed by atoms with E-state index in [0.717, 1.165) is 16.0 Å². The third-order valence-corrected chi connectivity index (χ3v) is 3.15. The van der Waals surface area contributed by atoms with Gasteiger partial charge >= 0.3 is 0 Å². The molecule has 0 atom stereocenters. The van der Waals surface area contributed by atoms with Crippen molar-refractivity contribution in [1.29, 1.82) is 0 Å². The molecule has 0 aromatic heterocycles. The molecule has 92 valence electrons. The zero-order valence-electron chi connectivity index (χ0n) is 9.69. The summed E-state index contributed by atoms with van der Waals surface area (Å²) in [6, 6.07) is 9.19. The molecule has 0 heterocycles. The first kappa shape index (κ1) is 12.8. The van der Waals surface area contributed by atoms with Gasteiger partial charge in [-0.15, -0.1) is 12.6 Å². The van der Waals surface area contributed by atoms with E-state index in [2.05, 4.69) is 17.6 Å².